The van der Waals surface area contributed by atoms with Crippen molar-refractivity contribution < 1.29 is 4.79 Å². The topological polar surface area (TPSA) is 52.9 Å². The zero-order valence-corrected chi connectivity index (χ0v) is 8.60. The minimum absolute atomic E-state index is 0.0376. The lowest BCUT2D eigenvalue weighted by Crippen LogP contribution is -2.46. The van der Waals surface area contributed by atoms with E-state index >= 15 is 0 Å². The Bertz CT molecular complexity index is 293. The molecule has 2 saturated carbocycles. The molecule has 1 N–H and O–H groups in total. The van der Waals surface area contributed by atoms with E-state index in [0.717, 1.165) is 25.7 Å². The fourth-order valence-electron chi connectivity index (χ4n) is 2.19. The van der Waals surface area contributed by atoms with Crippen LogP contribution in [0.2, 0.25) is 0 Å². The number of hydrogen-bond donors (Lipinski definition) is 1. The second kappa shape index (κ2) is 2.98. The Morgan fingerprint density at radius 1 is 1.29 bits per heavy atom. The van der Waals surface area contributed by atoms with Gasteiger partial charge in [0.1, 0.15) is 5.41 Å². The van der Waals surface area contributed by atoms with Gasteiger partial charge in [-0.25, -0.2) is 0 Å². The monoisotopic (exact) mass is 192 g/mol. The van der Waals surface area contributed by atoms with Crippen molar-refractivity contribution in [2.45, 2.75) is 51.0 Å². The molecule has 0 heterocycles. The number of carbonyl (C=O) groups excluding carboxylic acids is 1. The molecule has 0 aromatic rings. The van der Waals surface area contributed by atoms with Crippen LogP contribution in [0.3, 0.4) is 0 Å². The van der Waals surface area contributed by atoms with Gasteiger partial charge in [0, 0.05) is 5.54 Å². The maximum Gasteiger partial charge on any atom is 0.240 e. The minimum atomic E-state index is -0.661. The second-order valence-corrected chi connectivity index (χ2v) is 4.92. The van der Waals surface area contributed by atoms with E-state index in [-0.39, 0.29) is 11.4 Å². The summed E-state index contributed by atoms with van der Waals surface area (Å²) in [5.41, 5.74) is -0.699. The van der Waals surface area contributed by atoms with E-state index in [4.69, 9.17) is 5.26 Å². The molecule has 2 fully saturated rings. The molecule has 76 valence electrons. The van der Waals surface area contributed by atoms with Crippen molar-refractivity contribution in [3.05, 3.63) is 0 Å². The number of hydrogen-bond acceptors (Lipinski definition) is 2. The summed E-state index contributed by atoms with van der Waals surface area (Å²) in [7, 11) is 0. The zero-order chi connectivity index (χ0) is 10.2. The van der Waals surface area contributed by atoms with Gasteiger partial charge in [0.25, 0.3) is 0 Å². The van der Waals surface area contributed by atoms with Gasteiger partial charge in [-0.05, 0) is 32.6 Å². The van der Waals surface area contributed by atoms with Crippen molar-refractivity contribution >= 4 is 5.91 Å². The van der Waals surface area contributed by atoms with Crippen molar-refractivity contribution in [3.8, 4) is 6.07 Å². The third-order valence-electron chi connectivity index (χ3n) is 3.52. The van der Waals surface area contributed by atoms with Gasteiger partial charge in [0.15, 0.2) is 0 Å². The molecular formula is C11H16N2O. The van der Waals surface area contributed by atoms with Gasteiger partial charge in [-0.3, -0.25) is 4.79 Å². The third kappa shape index (κ3) is 1.50. The quantitative estimate of drug-likeness (QED) is 0.724. The molecule has 0 aliphatic heterocycles. The third-order valence-corrected chi connectivity index (χ3v) is 3.52. The average Bonchev–Trinajstić information content (AvgIpc) is 2.85. The fourth-order valence-corrected chi connectivity index (χ4v) is 2.19. The Kier molecular flexibility index (Phi) is 2.02. The molecule has 3 heteroatoms. The smallest absolute Gasteiger partial charge is 0.240 e. The number of nitriles is 1. The molecule has 0 aromatic heterocycles. The highest BCUT2D eigenvalue weighted by atomic mass is 16.2. The summed E-state index contributed by atoms with van der Waals surface area (Å²) >= 11 is 0. The van der Waals surface area contributed by atoms with Crippen LogP contribution in [0.15, 0.2) is 0 Å². The van der Waals surface area contributed by atoms with E-state index in [0.29, 0.717) is 0 Å². The first-order chi connectivity index (χ1) is 6.60. The molecule has 0 unspecified atom stereocenters. The standard InChI is InChI=1S/C11H16N2O/c1-10(4-2-3-5-10)13-9(14)11(8-12)6-7-11/h2-7H2,1H3,(H,13,14). The van der Waals surface area contributed by atoms with Crippen LogP contribution in [0, 0.1) is 16.7 Å². The predicted octanol–water partition coefficient (Wildman–Crippen LogP) is 1.74. The first-order valence-electron chi connectivity index (χ1n) is 5.34. The number of nitrogens with one attached hydrogen (secondary N) is 1. The first kappa shape index (κ1) is 9.51. The molecule has 2 aliphatic rings. The van der Waals surface area contributed by atoms with Gasteiger partial charge in [-0.1, -0.05) is 12.8 Å². The Morgan fingerprint density at radius 3 is 2.29 bits per heavy atom. The summed E-state index contributed by atoms with van der Waals surface area (Å²) in [4.78, 5) is 11.8. The highest BCUT2D eigenvalue weighted by Gasteiger charge is 2.52. The molecule has 0 radical (unpaired) electrons. The van der Waals surface area contributed by atoms with Crippen LogP contribution < -0.4 is 5.32 Å². The number of carbonyl (C=O) groups is 1. The lowest BCUT2D eigenvalue weighted by molar-refractivity contribution is -0.126. The summed E-state index contributed by atoms with van der Waals surface area (Å²) in [5, 5.41) is 11.9. The van der Waals surface area contributed by atoms with Gasteiger partial charge < -0.3 is 5.32 Å². The lowest BCUT2D eigenvalue weighted by Gasteiger charge is -2.26. The normalized spacial score (nSPS) is 26.6. The molecule has 0 saturated heterocycles. The summed E-state index contributed by atoms with van der Waals surface area (Å²) in [6, 6.07) is 2.13. The summed E-state index contributed by atoms with van der Waals surface area (Å²) < 4.78 is 0. The van der Waals surface area contributed by atoms with Crippen LogP contribution in [0.25, 0.3) is 0 Å². The molecule has 2 rings (SSSR count). The minimum Gasteiger partial charge on any atom is -0.350 e. The molecule has 14 heavy (non-hydrogen) atoms. The van der Waals surface area contributed by atoms with Crippen molar-refractivity contribution in [1.82, 2.24) is 5.32 Å². The van der Waals surface area contributed by atoms with Gasteiger partial charge in [0.05, 0.1) is 6.07 Å². The van der Waals surface area contributed by atoms with E-state index < -0.39 is 5.41 Å². The van der Waals surface area contributed by atoms with Crippen molar-refractivity contribution in [2.24, 2.45) is 5.41 Å². The molecule has 0 spiro atoms. The van der Waals surface area contributed by atoms with Gasteiger partial charge in [0.2, 0.25) is 5.91 Å². The Balaban J connectivity index is 1.98. The van der Waals surface area contributed by atoms with Crippen molar-refractivity contribution in [2.75, 3.05) is 0 Å². The van der Waals surface area contributed by atoms with Crippen LogP contribution in [0.1, 0.15) is 45.4 Å². The van der Waals surface area contributed by atoms with E-state index in [1.54, 1.807) is 0 Å². The summed E-state index contributed by atoms with van der Waals surface area (Å²) in [6.45, 7) is 2.09. The van der Waals surface area contributed by atoms with Gasteiger partial charge in [-0.15, -0.1) is 0 Å². The zero-order valence-electron chi connectivity index (χ0n) is 8.60. The number of rotatable bonds is 2. The molecule has 1 amide bonds. The first-order valence-corrected chi connectivity index (χ1v) is 5.34. The molecule has 0 aromatic carbocycles. The molecule has 0 bridgehead atoms. The maximum absolute atomic E-state index is 11.8. The number of amides is 1. The Labute approximate surface area is 84.5 Å². The largest absolute Gasteiger partial charge is 0.350 e. The van der Waals surface area contributed by atoms with E-state index in [9.17, 15) is 4.79 Å². The molecule has 2 aliphatic carbocycles. The summed E-state index contributed by atoms with van der Waals surface area (Å²) in [6.07, 6.45) is 5.98. The Morgan fingerprint density at radius 2 is 1.86 bits per heavy atom. The van der Waals surface area contributed by atoms with Gasteiger partial charge in [-0.2, -0.15) is 5.26 Å². The SMILES string of the molecule is CC1(NC(=O)C2(C#N)CC2)CCCC1. The molecule has 3 nitrogen and oxygen atoms in total. The van der Waals surface area contributed by atoms with Crippen LogP contribution in [-0.2, 0) is 4.79 Å². The fraction of sp³-hybridized carbons (Fsp3) is 0.818. The second-order valence-electron chi connectivity index (χ2n) is 4.92. The van der Waals surface area contributed by atoms with Crippen LogP contribution in [0.5, 0.6) is 0 Å². The maximum atomic E-state index is 11.8. The predicted molar refractivity (Wildman–Crippen MR) is 52.3 cm³/mol. The van der Waals surface area contributed by atoms with Crippen molar-refractivity contribution in [1.29, 1.82) is 5.26 Å². The van der Waals surface area contributed by atoms with Crippen molar-refractivity contribution in [3.63, 3.8) is 0 Å². The summed E-state index contributed by atoms with van der Waals surface area (Å²) in [5.74, 6) is -0.0376. The lowest BCUT2D eigenvalue weighted by atomic mass is 9.98. The Hall–Kier alpha value is -1.04. The van der Waals surface area contributed by atoms with Gasteiger partial charge >= 0.3 is 0 Å². The number of nitrogens with zero attached hydrogens (tertiary/aromatic N) is 1. The molecular weight excluding hydrogens is 176 g/mol. The van der Waals surface area contributed by atoms with Crippen LogP contribution in [0.4, 0.5) is 0 Å². The van der Waals surface area contributed by atoms with Crippen LogP contribution >= 0.6 is 0 Å². The highest BCUT2D eigenvalue weighted by Crippen LogP contribution is 2.46. The van der Waals surface area contributed by atoms with Crippen LogP contribution in [-0.4, -0.2) is 11.4 Å². The highest BCUT2D eigenvalue weighted by molar-refractivity contribution is 5.88. The average molecular weight is 192 g/mol. The molecule has 0 atom stereocenters. The van der Waals surface area contributed by atoms with E-state index in [2.05, 4.69) is 18.3 Å². The van der Waals surface area contributed by atoms with E-state index in [1.807, 2.05) is 0 Å². The van der Waals surface area contributed by atoms with E-state index in [1.165, 1.54) is 12.8 Å².